The van der Waals surface area contributed by atoms with Crippen LogP contribution in [0.4, 0.5) is 5.69 Å². The molecule has 96 valence electrons. The summed E-state index contributed by atoms with van der Waals surface area (Å²) in [6.45, 7) is 2.22. The van der Waals surface area contributed by atoms with Crippen molar-refractivity contribution in [1.82, 2.24) is 5.32 Å². The van der Waals surface area contributed by atoms with E-state index in [2.05, 4.69) is 23.6 Å². The van der Waals surface area contributed by atoms with Crippen LogP contribution in [0, 0.1) is 0 Å². The summed E-state index contributed by atoms with van der Waals surface area (Å²) in [5.41, 5.74) is 2.40. The van der Waals surface area contributed by atoms with Gasteiger partial charge in [0.15, 0.2) is 0 Å². The van der Waals surface area contributed by atoms with Crippen molar-refractivity contribution in [2.75, 3.05) is 5.32 Å². The Morgan fingerprint density at radius 2 is 2.11 bits per heavy atom. The Balaban J connectivity index is 1.74. The van der Waals surface area contributed by atoms with Crippen LogP contribution in [-0.2, 0) is 11.2 Å². The van der Waals surface area contributed by atoms with Crippen LogP contribution in [0.2, 0.25) is 0 Å². The summed E-state index contributed by atoms with van der Waals surface area (Å²) in [6, 6.07) is 8.04. The van der Waals surface area contributed by atoms with Gasteiger partial charge in [0.05, 0.1) is 6.04 Å². The summed E-state index contributed by atoms with van der Waals surface area (Å²) in [7, 11) is 0. The van der Waals surface area contributed by atoms with E-state index >= 15 is 0 Å². The normalized spacial score (nSPS) is 25.6. The third-order valence-electron chi connectivity index (χ3n) is 4.27. The van der Waals surface area contributed by atoms with E-state index in [0.717, 1.165) is 18.5 Å². The fraction of sp³-hybridized carbons (Fsp3) is 0.533. The molecule has 1 heterocycles. The molecule has 1 unspecified atom stereocenters. The van der Waals surface area contributed by atoms with Gasteiger partial charge in [-0.1, -0.05) is 18.2 Å². The van der Waals surface area contributed by atoms with E-state index in [9.17, 15) is 4.79 Å². The minimum atomic E-state index is -0.0531. The fourth-order valence-electron chi connectivity index (χ4n) is 2.92. The van der Waals surface area contributed by atoms with Gasteiger partial charge in [-0.2, -0.15) is 0 Å². The molecule has 0 radical (unpaired) electrons. The zero-order valence-electron chi connectivity index (χ0n) is 10.8. The van der Waals surface area contributed by atoms with E-state index in [1.54, 1.807) is 0 Å². The molecular formula is C15H20N2O. The fourth-order valence-corrected chi connectivity index (χ4v) is 2.92. The predicted molar refractivity (Wildman–Crippen MR) is 72.6 cm³/mol. The number of nitrogens with one attached hydrogen (secondary N) is 2. The molecule has 2 aliphatic rings. The average Bonchev–Trinajstić information content (AvgIpc) is 2.48. The van der Waals surface area contributed by atoms with E-state index in [1.165, 1.54) is 24.8 Å². The van der Waals surface area contributed by atoms with Crippen LogP contribution in [0.5, 0.6) is 0 Å². The van der Waals surface area contributed by atoms with Gasteiger partial charge in [-0.15, -0.1) is 0 Å². The Bertz CT molecular complexity index is 465. The summed E-state index contributed by atoms with van der Waals surface area (Å²) < 4.78 is 0. The van der Waals surface area contributed by atoms with Crippen LogP contribution < -0.4 is 10.6 Å². The van der Waals surface area contributed by atoms with Crippen molar-refractivity contribution >= 4 is 11.6 Å². The number of aryl methyl sites for hydroxylation is 1. The summed E-state index contributed by atoms with van der Waals surface area (Å²) in [6.07, 6.45) is 5.49. The molecular weight excluding hydrogens is 224 g/mol. The SMILES string of the molecule is CC1(NC2CCc3ccccc3NC2=O)CCC1. The van der Waals surface area contributed by atoms with Crippen molar-refractivity contribution in [3.05, 3.63) is 29.8 Å². The molecule has 1 saturated carbocycles. The Hall–Kier alpha value is -1.35. The molecule has 2 N–H and O–H groups in total. The highest BCUT2D eigenvalue weighted by Crippen LogP contribution is 2.32. The van der Waals surface area contributed by atoms with Gasteiger partial charge in [0.25, 0.3) is 0 Å². The van der Waals surface area contributed by atoms with Crippen LogP contribution in [0.3, 0.4) is 0 Å². The van der Waals surface area contributed by atoms with Gasteiger partial charge in [0, 0.05) is 11.2 Å². The summed E-state index contributed by atoms with van der Waals surface area (Å²) in [5.74, 6) is 0.119. The van der Waals surface area contributed by atoms with Gasteiger partial charge in [-0.3, -0.25) is 4.79 Å². The molecule has 3 heteroatoms. The lowest BCUT2D eigenvalue weighted by Gasteiger charge is -2.41. The number of para-hydroxylation sites is 1. The monoisotopic (exact) mass is 244 g/mol. The number of hydrogen-bond donors (Lipinski definition) is 2. The van der Waals surface area contributed by atoms with E-state index < -0.39 is 0 Å². The maximum Gasteiger partial charge on any atom is 0.241 e. The second kappa shape index (κ2) is 4.39. The first-order chi connectivity index (χ1) is 8.66. The number of anilines is 1. The number of carbonyl (C=O) groups is 1. The minimum Gasteiger partial charge on any atom is -0.324 e. The maximum absolute atomic E-state index is 12.2. The number of carbonyl (C=O) groups excluding carboxylic acids is 1. The summed E-state index contributed by atoms with van der Waals surface area (Å²) in [4.78, 5) is 12.2. The molecule has 0 aromatic heterocycles. The molecule has 1 aromatic rings. The molecule has 1 aromatic carbocycles. The van der Waals surface area contributed by atoms with Crippen molar-refractivity contribution in [2.45, 2.75) is 50.6 Å². The maximum atomic E-state index is 12.2. The average molecular weight is 244 g/mol. The van der Waals surface area contributed by atoms with Gasteiger partial charge >= 0.3 is 0 Å². The molecule has 3 nitrogen and oxygen atoms in total. The predicted octanol–water partition coefficient (Wildman–Crippen LogP) is 2.47. The van der Waals surface area contributed by atoms with Crippen molar-refractivity contribution < 1.29 is 4.79 Å². The van der Waals surface area contributed by atoms with Crippen LogP contribution in [0.1, 0.15) is 38.2 Å². The molecule has 3 rings (SSSR count). The highest BCUT2D eigenvalue weighted by molar-refractivity contribution is 5.96. The minimum absolute atomic E-state index is 0.0531. The zero-order chi connectivity index (χ0) is 12.6. The molecule has 1 aliphatic carbocycles. The van der Waals surface area contributed by atoms with E-state index in [0.29, 0.717) is 0 Å². The molecule has 1 atom stereocenters. The Morgan fingerprint density at radius 3 is 2.83 bits per heavy atom. The van der Waals surface area contributed by atoms with Crippen LogP contribution >= 0.6 is 0 Å². The van der Waals surface area contributed by atoms with E-state index in [4.69, 9.17) is 0 Å². The topological polar surface area (TPSA) is 41.1 Å². The standard InChI is InChI=1S/C15H20N2O/c1-15(9-4-10-15)17-13-8-7-11-5-2-3-6-12(11)16-14(13)18/h2-3,5-6,13,17H,4,7-10H2,1H3,(H,16,18). The van der Waals surface area contributed by atoms with Crippen LogP contribution in [-0.4, -0.2) is 17.5 Å². The van der Waals surface area contributed by atoms with Gasteiger partial charge < -0.3 is 10.6 Å². The number of fused-ring (bicyclic) bond motifs is 1. The molecule has 18 heavy (non-hydrogen) atoms. The number of amides is 1. The highest BCUT2D eigenvalue weighted by atomic mass is 16.2. The van der Waals surface area contributed by atoms with Crippen LogP contribution in [0.15, 0.2) is 24.3 Å². The van der Waals surface area contributed by atoms with Crippen molar-refractivity contribution in [3.8, 4) is 0 Å². The Kier molecular flexibility index (Phi) is 2.86. The second-order valence-corrected chi connectivity index (χ2v) is 5.80. The van der Waals surface area contributed by atoms with Gasteiger partial charge in [0.1, 0.15) is 0 Å². The first-order valence-corrected chi connectivity index (χ1v) is 6.83. The molecule has 0 bridgehead atoms. The molecule has 1 fully saturated rings. The molecule has 0 spiro atoms. The van der Waals surface area contributed by atoms with E-state index in [-0.39, 0.29) is 17.5 Å². The lowest BCUT2D eigenvalue weighted by molar-refractivity contribution is -0.119. The first kappa shape index (κ1) is 11.7. The van der Waals surface area contributed by atoms with Crippen molar-refractivity contribution in [1.29, 1.82) is 0 Å². The molecule has 0 saturated heterocycles. The Morgan fingerprint density at radius 1 is 1.33 bits per heavy atom. The second-order valence-electron chi connectivity index (χ2n) is 5.80. The first-order valence-electron chi connectivity index (χ1n) is 6.83. The summed E-state index contributed by atoms with van der Waals surface area (Å²) in [5, 5.41) is 6.59. The number of hydrogen-bond acceptors (Lipinski definition) is 2. The highest BCUT2D eigenvalue weighted by Gasteiger charge is 2.36. The number of rotatable bonds is 2. The lowest BCUT2D eigenvalue weighted by atomic mass is 9.78. The van der Waals surface area contributed by atoms with Crippen LogP contribution in [0.25, 0.3) is 0 Å². The largest absolute Gasteiger partial charge is 0.324 e. The lowest BCUT2D eigenvalue weighted by Crippen LogP contribution is -2.56. The van der Waals surface area contributed by atoms with Gasteiger partial charge in [-0.25, -0.2) is 0 Å². The van der Waals surface area contributed by atoms with Crippen molar-refractivity contribution in [3.63, 3.8) is 0 Å². The third-order valence-corrected chi connectivity index (χ3v) is 4.27. The Labute approximate surface area is 108 Å². The molecule has 1 amide bonds. The van der Waals surface area contributed by atoms with Gasteiger partial charge in [-0.05, 0) is 50.7 Å². The van der Waals surface area contributed by atoms with Gasteiger partial charge in [0.2, 0.25) is 5.91 Å². The molecule has 1 aliphatic heterocycles. The smallest absolute Gasteiger partial charge is 0.241 e. The zero-order valence-corrected chi connectivity index (χ0v) is 10.8. The number of benzene rings is 1. The van der Waals surface area contributed by atoms with E-state index in [1.807, 2.05) is 18.2 Å². The quantitative estimate of drug-likeness (QED) is 0.839. The summed E-state index contributed by atoms with van der Waals surface area (Å²) >= 11 is 0. The van der Waals surface area contributed by atoms with Crippen molar-refractivity contribution in [2.24, 2.45) is 0 Å². The third kappa shape index (κ3) is 2.15.